The molecule has 10 nitrogen and oxygen atoms in total. The predicted molar refractivity (Wildman–Crippen MR) is 161 cm³/mol. The Morgan fingerprint density at radius 2 is 1.90 bits per heavy atom. The molecule has 2 saturated heterocycles. The van der Waals surface area contributed by atoms with Crippen LogP contribution in [0.5, 0.6) is 11.8 Å². The second-order valence-corrected chi connectivity index (χ2v) is 11.9. The molecule has 3 aromatic rings. The molecule has 42 heavy (non-hydrogen) atoms. The van der Waals surface area contributed by atoms with Gasteiger partial charge < -0.3 is 29.6 Å². The van der Waals surface area contributed by atoms with Crippen LogP contribution in [0.2, 0.25) is 0 Å². The zero-order chi connectivity index (χ0) is 28.8. The summed E-state index contributed by atoms with van der Waals surface area (Å²) in [5.74, 6) is 1.10. The lowest BCUT2D eigenvalue weighted by molar-refractivity contribution is -0.126. The molecule has 0 bridgehead atoms. The molecule has 4 heterocycles. The number of aromatic hydroxyl groups is 1. The van der Waals surface area contributed by atoms with Crippen molar-refractivity contribution in [3.8, 4) is 11.8 Å². The zero-order valence-corrected chi connectivity index (χ0v) is 23.9. The van der Waals surface area contributed by atoms with Crippen LogP contribution < -0.4 is 14.5 Å². The van der Waals surface area contributed by atoms with Crippen molar-refractivity contribution in [2.24, 2.45) is 0 Å². The minimum Gasteiger partial charge on any atom is -0.508 e. The van der Waals surface area contributed by atoms with E-state index in [1.54, 1.807) is 6.07 Å². The quantitative estimate of drug-likeness (QED) is 0.312. The molecule has 3 aliphatic heterocycles. The van der Waals surface area contributed by atoms with Gasteiger partial charge in [0.1, 0.15) is 11.6 Å². The Bertz CT molecular complexity index is 1520. The molecule has 1 atom stereocenters. The van der Waals surface area contributed by atoms with Gasteiger partial charge in [-0.05, 0) is 43.2 Å². The summed E-state index contributed by atoms with van der Waals surface area (Å²) in [6.07, 6.45) is 4.97. The van der Waals surface area contributed by atoms with Crippen molar-refractivity contribution in [2.45, 2.75) is 43.9 Å². The van der Waals surface area contributed by atoms with Crippen LogP contribution >= 0.6 is 0 Å². The number of ether oxygens (including phenoxy) is 1. The van der Waals surface area contributed by atoms with Crippen molar-refractivity contribution >= 4 is 28.2 Å². The van der Waals surface area contributed by atoms with Gasteiger partial charge in [-0.25, -0.2) is 0 Å². The topological polar surface area (TPSA) is 106 Å². The number of anilines is 2. The first-order valence-electron chi connectivity index (χ1n) is 15.0. The molecule has 1 saturated carbocycles. The van der Waals surface area contributed by atoms with Crippen LogP contribution in [0.15, 0.2) is 49.1 Å². The van der Waals surface area contributed by atoms with E-state index >= 15 is 0 Å². The number of piperazine rings is 1. The first kappa shape index (κ1) is 27.0. The number of phenolic OH excluding ortho intramolecular Hbond substituents is 1. The Hall–Kier alpha value is -3.89. The molecular weight excluding hydrogens is 532 g/mol. The van der Waals surface area contributed by atoms with E-state index in [9.17, 15) is 15.0 Å². The van der Waals surface area contributed by atoms with Gasteiger partial charge in [0.25, 0.3) is 0 Å². The fraction of sp³-hybridized carbons (Fsp3) is 0.469. The summed E-state index contributed by atoms with van der Waals surface area (Å²) in [6.45, 7) is 9.73. The SMILES string of the molecule is C=CC(=O)N1CCN(c2nc(OCCCN3CC(O)C34CC4)nc3c2CCN(c2cc(O)cc4ccccc24)C3)CC1. The fourth-order valence-electron chi connectivity index (χ4n) is 6.89. The third-order valence-electron chi connectivity index (χ3n) is 9.46. The number of nitrogens with zero attached hydrogens (tertiary/aromatic N) is 6. The number of β-amino-alcohol motifs (C(OH)–C–C–N with tert-alkyl or cyclic N) is 1. The Labute approximate surface area is 245 Å². The highest BCUT2D eigenvalue weighted by atomic mass is 16.5. The predicted octanol–water partition coefficient (Wildman–Crippen LogP) is 2.71. The number of amides is 1. The van der Waals surface area contributed by atoms with Crippen LogP contribution in [0.25, 0.3) is 10.8 Å². The lowest BCUT2D eigenvalue weighted by Gasteiger charge is -2.46. The van der Waals surface area contributed by atoms with Gasteiger partial charge in [-0.2, -0.15) is 9.97 Å². The summed E-state index contributed by atoms with van der Waals surface area (Å²) >= 11 is 0. The smallest absolute Gasteiger partial charge is 0.318 e. The summed E-state index contributed by atoms with van der Waals surface area (Å²) in [4.78, 5) is 30.7. The summed E-state index contributed by atoms with van der Waals surface area (Å²) in [5, 5.41) is 22.7. The number of aliphatic hydroxyl groups excluding tert-OH is 1. The fourth-order valence-corrected chi connectivity index (χ4v) is 6.89. The largest absolute Gasteiger partial charge is 0.508 e. The second kappa shape index (κ2) is 10.7. The second-order valence-electron chi connectivity index (χ2n) is 11.9. The van der Waals surface area contributed by atoms with Gasteiger partial charge in [0, 0.05) is 74.1 Å². The van der Waals surface area contributed by atoms with E-state index < -0.39 is 0 Å². The van der Waals surface area contributed by atoms with Gasteiger partial charge in [0.05, 0.1) is 24.9 Å². The van der Waals surface area contributed by atoms with Crippen LogP contribution in [-0.2, 0) is 17.8 Å². The number of rotatable bonds is 8. The average Bonchev–Trinajstić information content (AvgIpc) is 3.85. The third kappa shape index (κ3) is 4.82. The number of carbonyl (C=O) groups excluding carboxylic acids is 1. The molecule has 1 unspecified atom stereocenters. The number of fused-ring (bicyclic) bond motifs is 2. The highest BCUT2D eigenvalue weighted by Gasteiger charge is 2.60. The zero-order valence-electron chi connectivity index (χ0n) is 23.9. The number of likely N-dealkylation sites (tertiary alicyclic amines) is 1. The molecule has 7 rings (SSSR count). The standard InChI is InChI=1S/C32H38N6O4/c1-2-29(41)35-13-15-36(16-14-35)30-25-8-12-37(27-19-23(39)18-22-6-3-4-7-24(22)27)20-26(25)33-31(34-30)42-17-5-11-38-21-28(40)32(38)9-10-32/h2-4,6-7,18-19,28,39-40H,1,5,8-17,20-21H2. The minimum absolute atomic E-state index is 0.0416. The van der Waals surface area contributed by atoms with Crippen molar-refractivity contribution in [2.75, 3.05) is 62.2 Å². The number of phenols is 1. The Morgan fingerprint density at radius 1 is 1.10 bits per heavy atom. The lowest BCUT2D eigenvalue weighted by Crippen LogP contribution is -2.62. The van der Waals surface area contributed by atoms with Crippen molar-refractivity contribution in [3.63, 3.8) is 0 Å². The van der Waals surface area contributed by atoms with Gasteiger partial charge in [-0.1, -0.05) is 30.8 Å². The van der Waals surface area contributed by atoms with E-state index in [0.717, 1.165) is 78.9 Å². The first-order valence-corrected chi connectivity index (χ1v) is 15.0. The van der Waals surface area contributed by atoms with Crippen LogP contribution in [0.3, 0.4) is 0 Å². The molecule has 2 N–H and O–H groups in total. The Balaban J connectivity index is 1.12. The summed E-state index contributed by atoms with van der Waals surface area (Å²) in [6, 6.07) is 12.1. The maximum absolute atomic E-state index is 12.2. The van der Waals surface area contributed by atoms with Crippen molar-refractivity contribution < 1.29 is 19.7 Å². The van der Waals surface area contributed by atoms with Crippen LogP contribution in [0, 0.1) is 0 Å². The minimum atomic E-state index is -0.182. The summed E-state index contributed by atoms with van der Waals surface area (Å²) < 4.78 is 6.17. The van der Waals surface area contributed by atoms with E-state index in [0.29, 0.717) is 45.3 Å². The molecule has 4 aliphatic rings. The maximum Gasteiger partial charge on any atom is 0.318 e. The molecule has 1 aromatic heterocycles. The molecule has 10 heteroatoms. The average molecular weight is 571 g/mol. The van der Waals surface area contributed by atoms with E-state index in [-0.39, 0.29) is 23.3 Å². The van der Waals surface area contributed by atoms with Crippen LogP contribution in [0.1, 0.15) is 30.5 Å². The first-order chi connectivity index (χ1) is 20.4. The molecular formula is C32H38N6O4. The van der Waals surface area contributed by atoms with E-state index in [4.69, 9.17) is 14.7 Å². The van der Waals surface area contributed by atoms with E-state index in [2.05, 4.69) is 27.3 Å². The van der Waals surface area contributed by atoms with E-state index in [1.807, 2.05) is 29.2 Å². The lowest BCUT2D eigenvalue weighted by atomic mass is 9.96. The van der Waals surface area contributed by atoms with Gasteiger partial charge in [-0.15, -0.1) is 0 Å². The van der Waals surface area contributed by atoms with E-state index in [1.165, 1.54) is 6.08 Å². The molecule has 1 amide bonds. The molecule has 1 spiro atoms. The van der Waals surface area contributed by atoms with Crippen molar-refractivity contribution in [1.29, 1.82) is 0 Å². The van der Waals surface area contributed by atoms with Crippen molar-refractivity contribution in [3.05, 3.63) is 60.3 Å². The number of hydrogen-bond acceptors (Lipinski definition) is 9. The van der Waals surface area contributed by atoms with Crippen molar-refractivity contribution in [1.82, 2.24) is 19.8 Å². The molecule has 3 fully saturated rings. The normalized spacial score (nSPS) is 21.3. The third-order valence-corrected chi connectivity index (χ3v) is 9.46. The van der Waals surface area contributed by atoms with Gasteiger partial charge in [0.15, 0.2) is 0 Å². The molecule has 220 valence electrons. The maximum atomic E-state index is 12.2. The Kier molecular flexibility index (Phi) is 6.90. The van der Waals surface area contributed by atoms with Crippen LogP contribution in [-0.4, -0.2) is 100.0 Å². The number of benzene rings is 2. The highest BCUT2D eigenvalue weighted by molar-refractivity contribution is 5.95. The monoisotopic (exact) mass is 570 g/mol. The summed E-state index contributed by atoms with van der Waals surface area (Å²) in [7, 11) is 0. The van der Waals surface area contributed by atoms with Gasteiger partial charge in [0.2, 0.25) is 5.91 Å². The molecule has 1 aliphatic carbocycles. The van der Waals surface area contributed by atoms with Crippen LogP contribution in [0.4, 0.5) is 11.5 Å². The van der Waals surface area contributed by atoms with Gasteiger partial charge >= 0.3 is 6.01 Å². The summed E-state index contributed by atoms with van der Waals surface area (Å²) in [5.41, 5.74) is 3.09. The number of aliphatic hydroxyl groups is 1. The molecule has 0 radical (unpaired) electrons. The highest BCUT2D eigenvalue weighted by Crippen LogP contribution is 2.51. The van der Waals surface area contributed by atoms with Gasteiger partial charge in [-0.3, -0.25) is 9.69 Å². The number of aromatic nitrogens is 2. The number of carbonyl (C=O) groups is 1. The number of hydrogen-bond donors (Lipinski definition) is 2. The molecule has 2 aromatic carbocycles. The Morgan fingerprint density at radius 3 is 2.67 bits per heavy atom.